The van der Waals surface area contributed by atoms with Gasteiger partial charge in [0.25, 0.3) is 0 Å². The third kappa shape index (κ3) is 6.54. The van der Waals surface area contributed by atoms with Crippen LogP contribution in [0.3, 0.4) is 0 Å². The summed E-state index contributed by atoms with van der Waals surface area (Å²) in [5.74, 6) is -0.206. The van der Waals surface area contributed by atoms with E-state index in [4.69, 9.17) is 0 Å². The van der Waals surface area contributed by atoms with Gasteiger partial charge in [0.1, 0.15) is 5.75 Å². The lowest BCUT2D eigenvalue weighted by atomic mass is 10.1. The molecule has 3 nitrogen and oxygen atoms in total. The van der Waals surface area contributed by atoms with Gasteiger partial charge in [-0.25, -0.2) is 0 Å². The van der Waals surface area contributed by atoms with Gasteiger partial charge in [-0.1, -0.05) is 24.3 Å². The van der Waals surface area contributed by atoms with Crippen LogP contribution >= 0.6 is 0 Å². The highest BCUT2D eigenvalue weighted by Crippen LogP contribution is 2.29. The maximum Gasteiger partial charge on any atom is 0.416 e. The Kier molecular flexibility index (Phi) is 6.76. The van der Waals surface area contributed by atoms with Gasteiger partial charge in [-0.15, -0.1) is 0 Å². The topological polar surface area (TPSA) is 29.5 Å². The van der Waals surface area contributed by atoms with Gasteiger partial charge < -0.3 is 9.64 Å². The molecule has 0 aliphatic heterocycles. The Hall–Kier alpha value is -2.64. The van der Waals surface area contributed by atoms with Crippen LogP contribution < -0.4 is 4.74 Å². The summed E-state index contributed by atoms with van der Waals surface area (Å²) in [5, 5.41) is 0. The number of halogens is 5. The number of hydrogen-bond acceptors (Lipinski definition) is 2. The molecule has 2 aromatic rings. The fraction of sp³-hybridized carbons (Fsp3) is 0.316. The first kappa shape index (κ1) is 20.7. The van der Waals surface area contributed by atoms with Gasteiger partial charge in [-0.3, -0.25) is 4.79 Å². The first-order chi connectivity index (χ1) is 12.6. The van der Waals surface area contributed by atoms with Crippen LogP contribution in [0.15, 0.2) is 48.5 Å². The van der Waals surface area contributed by atoms with Crippen molar-refractivity contribution >= 4 is 5.91 Å². The van der Waals surface area contributed by atoms with Crippen molar-refractivity contribution in [3.05, 3.63) is 65.2 Å². The molecular formula is C19H18F5NO2. The minimum atomic E-state index is -4.43. The summed E-state index contributed by atoms with van der Waals surface area (Å²) in [7, 11) is 1.52. The van der Waals surface area contributed by atoms with E-state index in [9.17, 15) is 26.7 Å². The van der Waals surface area contributed by atoms with Crippen LogP contribution in [-0.4, -0.2) is 24.5 Å². The molecule has 0 N–H and O–H groups in total. The van der Waals surface area contributed by atoms with Crippen LogP contribution in [0.2, 0.25) is 0 Å². The Morgan fingerprint density at radius 1 is 1.07 bits per heavy atom. The summed E-state index contributed by atoms with van der Waals surface area (Å²) in [5.41, 5.74) is 0.388. The second-order valence-corrected chi connectivity index (χ2v) is 5.97. The zero-order chi connectivity index (χ0) is 20.0. The molecule has 0 atom stereocenters. The van der Waals surface area contributed by atoms with E-state index in [1.807, 2.05) is 0 Å². The van der Waals surface area contributed by atoms with Crippen molar-refractivity contribution in [1.82, 2.24) is 4.90 Å². The molecule has 27 heavy (non-hydrogen) atoms. The average Bonchev–Trinajstić information content (AvgIpc) is 2.60. The summed E-state index contributed by atoms with van der Waals surface area (Å²) >= 11 is 0. The van der Waals surface area contributed by atoms with E-state index >= 15 is 0 Å². The number of rotatable bonds is 7. The summed E-state index contributed by atoms with van der Waals surface area (Å²) in [6.45, 7) is -2.84. The standard InChI is InChI=1S/C19H18F5NO2/c1-25(12-14-3-2-4-15(11-14)19(22,23)24)17(26)10-7-13-5-8-16(9-6-13)27-18(20)21/h2-6,8-9,11,18H,7,10,12H2,1H3. The highest BCUT2D eigenvalue weighted by Gasteiger charge is 2.30. The second kappa shape index (κ2) is 8.83. The zero-order valence-electron chi connectivity index (χ0n) is 14.5. The van der Waals surface area contributed by atoms with E-state index in [0.717, 1.165) is 17.7 Å². The zero-order valence-corrected chi connectivity index (χ0v) is 14.5. The van der Waals surface area contributed by atoms with Crippen molar-refractivity contribution in [3.63, 3.8) is 0 Å². The van der Waals surface area contributed by atoms with Crippen LogP contribution in [0.1, 0.15) is 23.1 Å². The maximum atomic E-state index is 12.7. The lowest BCUT2D eigenvalue weighted by Crippen LogP contribution is -2.26. The third-order valence-electron chi connectivity index (χ3n) is 3.88. The van der Waals surface area contributed by atoms with E-state index < -0.39 is 18.4 Å². The SMILES string of the molecule is CN(Cc1cccc(C(F)(F)F)c1)C(=O)CCc1ccc(OC(F)F)cc1. The molecule has 8 heteroatoms. The molecule has 0 radical (unpaired) electrons. The third-order valence-corrected chi connectivity index (χ3v) is 3.88. The molecule has 2 aromatic carbocycles. The van der Waals surface area contributed by atoms with Crippen molar-refractivity contribution in [1.29, 1.82) is 0 Å². The Morgan fingerprint density at radius 3 is 2.33 bits per heavy atom. The number of carbonyl (C=O) groups is 1. The molecule has 0 aromatic heterocycles. The summed E-state index contributed by atoms with van der Waals surface area (Å²) in [4.78, 5) is 13.5. The van der Waals surface area contributed by atoms with Crippen LogP contribution in [0.4, 0.5) is 22.0 Å². The summed E-state index contributed by atoms with van der Waals surface area (Å²) in [6, 6.07) is 10.8. The van der Waals surface area contributed by atoms with Crippen molar-refractivity contribution < 1.29 is 31.5 Å². The number of ether oxygens (including phenoxy) is 1. The fourth-order valence-electron chi connectivity index (χ4n) is 2.49. The maximum absolute atomic E-state index is 12.7. The summed E-state index contributed by atoms with van der Waals surface area (Å²) < 4.78 is 66.7. The Balaban J connectivity index is 1.89. The lowest BCUT2D eigenvalue weighted by molar-refractivity contribution is -0.137. The molecule has 1 amide bonds. The van der Waals surface area contributed by atoms with Gasteiger partial charge in [-0.05, 0) is 41.8 Å². The minimum Gasteiger partial charge on any atom is -0.435 e. The van der Waals surface area contributed by atoms with Crippen LogP contribution in [-0.2, 0) is 23.9 Å². The first-order valence-electron chi connectivity index (χ1n) is 8.09. The Morgan fingerprint density at radius 2 is 1.74 bits per heavy atom. The van der Waals surface area contributed by atoms with Crippen molar-refractivity contribution in [3.8, 4) is 5.75 Å². The van der Waals surface area contributed by atoms with E-state index in [1.54, 1.807) is 12.1 Å². The average molecular weight is 387 g/mol. The van der Waals surface area contributed by atoms with Gasteiger partial charge in [0.2, 0.25) is 5.91 Å². The van der Waals surface area contributed by atoms with Crippen LogP contribution in [0.5, 0.6) is 5.75 Å². The molecule has 0 heterocycles. The number of benzene rings is 2. The van der Waals surface area contributed by atoms with E-state index in [2.05, 4.69) is 4.74 Å². The fourth-order valence-corrected chi connectivity index (χ4v) is 2.49. The summed E-state index contributed by atoms with van der Waals surface area (Å²) in [6.07, 6.45) is -3.91. The minimum absolute atomic E-state index is 0.0294. The number of aryl methyl sites for hydroxylation is 1. The molecule has 0 aliphatic rings. The quantitative estimate of drug-likeness (QED) is 0.633. The largest absolute Gasteiger partial charge is 0.435 e. The molecule has 2 rings (SSSR count). The van der Waals surface area contributed by atoms with Gasteiger partial charge >= 0.3 is 12.8 Å². The van der Waals surface area contributed by atoms with Gasteiger partial charge in [0, 0.05) is 20.0 Å². The normalized spacial score (nSPS) is 11.5. The second-order valence-electron chi connectivity index (χ2n) is 5.97. The molecule has 0 bridgehead atoms. The molecule has 0 spiro atoms. The van der Waals surface area contributed by atoms with E-state index in [-0.39, 0.29) is 24.6 Å². The molecule has 0 fully saturated rings. The Labute approximate surface area is 153 Å². The first-order valence-corrected chi connectivity index (χ1v) is 8.09. The van der Waals surface area contributed by atoms with Crippen molar-refractivity contribution in [2.24, 2.45) is 0 Å². The lowest BCUT2D eigenvalue weighted by Gasteiger charge is -2.18. The molecule has 0 saturated carbocycles. The van der Waals surface area contributed by atoms with Gasteiger partial charge in [0.15, 0.2) is 0 Å². The van der Waals surface area contributed by atoms with Crippen LogP contribution in [0.25, 0.3) is 0 Å². The van der Waals surface area contributed by atoms with Crippen molar-refractivity contribution in [2.75, 3.05) is 7.05 Å². The highest BCUT2D eigenvalue weighted by atomic mass is 19.4. The molecule has 146 valence electrons. The van der Waals surface area contributed by atoms with Gasteiger partial charge in [-0.2, -0.15) is 22.0 Å². The molecule has 0 aliphatic carbocycles. The predicted octanol–water partition coefficient (Wildman–Crippen LogP) is 4.90. The Bertz CT molecular complexity index is 759. The molecular weight excluding hydrogens is 369 g/mol. The highest BCUT2D eigenvalue weighted by molar-refractivity contribution is 5.76. The van der Waals surface area contributed by atoms with Crippen molar-refractivity contribution in [2.45, 2.75) is 32.2 Å². The number of amides is 1. The number of carbonyl (C=O) groups excluding carboxylic acids is 1. The van der Waals surface area contributed by atoms with Gasteiger partial charge in [0.05, 0.1) is 5.56 Å². The number of hydrogen-bond donors (Lipinski definition) is 0. The molecule has 0 saturated heterocycles. The molecule has 0 unspecified atom stereocenters. The number of nitrogens with zero attached hydrogens (tertiary/aromatic N) is 1. The van der Waals surface area contributed by atoms with E-state index in [1.165, 1.54) is 36.2 Å². The van der Waals surface area contributed by atoms with E-state index in [0.29, 0.717) is 12.0 Å². The van der Waals surface area contributed by atoms with Crippen LogP contribution in [0, 0.1) is 0 Å². The smallest absolute Gasteiger partial charge is 0.416 e. The number of alkyl halides is 5. The monoisotopic (exact) mass is 387 g/mol. The predicted molar refractivity (Wildman–Crippen MR) is 89.3 cm³/mol.